The van der Waals surface area contributed by atoms with Gasteiger partial charge >= 0.3 is 5.97 Å². The maximum Gasteiger partial charge on any atom is 0.306 e. The van der Waals surface area contributed by atoms with E-state index in [1.807, 2.05) is 0 Å². The van der Waals surface area contributed by atoms with Crippen molar-refractivity contribution in [3.8, 4) is 0 Å². The number of carbonyl (C=O) groups is 1. The second-order valence-corrected chi connectivity index (χ2v) is 11.6. The molecule has 0 bridgehead atoms. The van der Waals surface area contributed by atoms with E-state index in [-0.39, 0.29) is 12.6 Å². The third-order valence-corrected chi connectivity index (χ3v) is 7.59. The van der Waals surface area contributed by atoms with Crippen molar-refractivity contribution in [1.82, 2.24) is 0 Å². The Labute approximate surface area is 244 Å². The lowest BCUT2D eigenvalue weighted by Gasteiger charge is -2.15. The fourth-order valence-electron chi connectivity index (χ4n) is 4.97. The van der Waals surface area contributed by atoms with Crippen LogP contribution in [0.4, 0.5) is 0 Å². The summed E-state index contributed by atoms with van der Waals surface area (Å²) in [6, 6.07) is 0. The number of esters is 1. The molecule has 4 nitrogen and oxygen atoms in total. The molecule has 0 saturated carbocycles. The molecule has 0 aromatic rings. The minimum atomic E-state index is -0.525. The Bertz CT molecular complexity index is 505. The Hall–Kier alpha value is -0.870. The van der Waals surface area contributed by atoms with E-state index in [4.69, 9.17) is 9.47 Å². The zero-order valence-electron chi connectivity index (χ0n) is 26.4. The molecule has 1 unspecified atom stereocenters. The number of unbranched alkanes of at least 4 members (excludes halogenated alkanes) is 22. The average Bonchev–Trinajstić information content (AvgIpc) is 2.94. The predicted octanol–water partition coefficient (Wildman–Crippen LogP) is 10.6. The molecule has 0 spiro atoms. The molecule has 1 atom stereocenters. The maximum absolute atomic E-state index is 12.0. The molecule has 0 amide bonds. The Balaban J connectivity index is 3.35. The Morgan fingerprint density at radius 2 is 1.00 bits per heavy atom. The summed E-state index contributed by atoms with van der Waals surface area (Å²) in [6.45, 7) is 5.31. The number of carbonyl (C=O) groups excluding carboxylic acids is 1. The first kappa shape index (κ1) is 38.1. The van der Waals surface area contributed by atoms with Crippen molar-refractivity contribution < 1.29 is 19.4 Å². The highest BCUT2D eigenvalue weighted by atomic mass is 16.6. The summed E-state index contributed by atoms with van der Waals surface area (Å²) in [7, 11) is 0. The zero-order valence-corrected chi connectivity index (χ0v) is 26.4. The van der Waals surface area contributed by atoms with Crippen molar-refractivity contribution in [3.05, 3.63) is 12.2 Å². The average molecular weight is 553 g/mol. The van der Waals surface area contributed by atoms with Crippen LogP contribution in [0.2, 0.25) is 0 Å². The first-order chi connectivity index (χ1) is 19.2. The van der Waals surface area contributed by atoms with Crippen LogP contribution in [0.5, 0.6) is 0 Å². The monoisotopic (exact) mass is 553 g/mol. The van der Waals surface area contributed by atoms with Gasteiger partial charge in [-0.3, -0.25) is 4.79 Å². The number of ether oxygens (including phenoxy) is 2. The van der Waals surface area contributed by atoms with E-state index in [1.54, 1.807) is 0 Å². The van der Waals surface area contributed by atoms with Gasteiger partial charge in [0.15, 0.2) is 0 Å². The minimum absolute atomic E-state index is 0.168. The summed E-state index contributed by atoms with van der Waals surface area (Å²) in [5.74, 6) is -0.207. The van der Waals surface area contributed by atoms with E-state index in [9.17, 15) is 9.90 Å². The van der Waals surface area contributed by atoms with Gasteiger partial charge in [-0.05, 0) is 38.5 Å². The quantitative estimate of drug-likeness (QED) is 0.0512. The lowest BCUT2D eigenvalue weighted by molar-refractivity contribution is -0.154. The smallest absolute Gasteiger partial charge is 0.306 e. The molecule has 0 aliphatic heterocycles. The predicted molar refractivity (Wildman–Crippen MR) is 168 cm³/mol. The number of hydrogen-bond donors (Lipinski definition) is 1. The summed E-state index contributed by atoms with van der Waals surface area (Å²) in [5, 5.41) is 9.48. The number of hydrogen-bond acceptors (Lipinski definition) is 4. The zero-order chi connectivity index (χ0) is 28.5. The molecule has 4 heteroatoms. The maximum atomic E-state index is 12.0. The highest BCUT2D eigenvalue weighted by Crippen LogP contribution is 2.13. The molecule has 0 aliphatic carbocycles. The van der Waals surface area contributed by atoms with Crippen LogP contribution < -0.4 is 0 Å². The molecule has 39 heavy (non-hydrogen) atoms. The van der Waals surface area contributed by atoms with Crippen molar-refractivity contribution >= 4 is 5.97 Å². The van der Waals surface area contributed by atoms with Gasteiger partial charge in [-0.1, -0.05) is 148 Å². The standard InChI is InChI=1S/C35H68O4/c1-3-5-7-9-11-12-13-14-15-16-17-18-19-20-21-22-23-25-27-29-31-38-33-34(32-36)39-35(37)30-28-26-24-10-8-6-4-2/h14-15,34,36H,3-13,16-33H2,1-2H3/b15-14-. The van der Waals surface area contributed by atoms with Gasteiger partial charge in [0.2, 0.25) is 0 Å². The highest BCUT2D eigenvalue weighted by Gasteiger charge is 2.13. The summed E-state index contributed by atoms with van der Waals surface area (Å²) < 4.78 is 11.0. The minimum Gasteiger partial charge on any atom is -0.457 e. The van der Waals surface area contributed by atoms with E-state index in [1.165, 1.54) is 141 Å². The van der Waals surface area contributed by atoms with Crippen LogP contribution in [0.25, 0.3) is 0 Å². The number of aliphatic hydroxyl groups is 1. The lowest BCUT2D eigenvalue weighted by atomic mass is 10.1. The van der Waals surface area contributed by atoms with Crippen LogP contribution in [-0.2, 0) is 14.3 Å². The molecule has 1 N–H and O–H groups in total. The van der Waals surface area contributed by atoms with E-state index in [0.29, 0.717) is 19.6 Å². The molecule has 0 radical (unpaired) electrons. The van der Waals surface area contributed by atoms with Crippen LogP contribution >= 0.6 is 0 Å². The third kappa shape index (κ3) is 31.5. The van der Waals surface area contributed by atoms with Gasteiger partial charge in [-0.15, -0.1) is 0 Å². The molecule has 0 rings (SSSR count). The molecule has 0 saturated heterocycles. The largest absolute Gasteiger partial charge is 0.457 e. The SMILES string of the molecule is CCCCCCCC/C=C\CCCCCCCCCCCCOCC(CO)OC(=O)CCCCCCCCC. The second kappa shape index (κ2) is 33.3. The number of aliphatic hydroxyl groups excluding tert-OH is 1. The first-order valence-electron chi connectivity index (χ1n) is 17.3. The highest BCUT2D eigenvalue weighted by molar-refractivity contribution is 5.69. The number of allylic oxidation sites excluding steroid dienone is 2. The third-order valence-electron chi connectivity index (χ3n) is 7.59. The molecular formula is C35H68O4. The van der Waals surface area contributed by atoms with E-state index in [0.717, 1.165) is 19.3 Å². The van der Waals surface area contributed by atoms with E-state index >= 15 is 0 Å². The van der Waals surface area contributed by atoms with Gasteiger partial charge in [-0.2, -0.15) is 0 Å². The lowest BCUT2D eigenvalue weighted by Crippen LogP contribution is -2.27. The fraction of sp³-hybridized carbons (Fsp3) is 0.914. The van der Waals surface area contributed by atoms with Crippen LogP contribution in [0, 0.1) is 0 Å². The van der Waals surface area contributed by atoms with Gasteiger partial charge < -0.3 is 14.6 Å². The summed E-state index contributed by atoms with van der Waals surface area (Å²) in [5.41, 5.74) is 0. The second-order valence-electron chi connectivity index (χ2n) is 11.6. The van der Waals surface area contributed by atoms with Gasteiger partial charge in [0.1, 0.15) is 6.10 Å². The van der Waals surface area contributed by atoms with E-state index in [2.05, 4.69) is 26.0 Å². The Morgan fingerprint density at radius 1 is 0.590 bits per heavy atom. The fourth-order valence-corrected chi connectivity index (χ4v) is 4.97. The Kier molecular flexibility index (Phi) is 32.6. The van der Waals surface area contributed by atoms with Gasteiger partial charge in [0.05, 0.1) is 13.2 Å². The van der Waals surface area contributed by atoms with Crippen LogP contribution in [-0.4, -0.2) is 37.0 Å². The van der Waals surface area contributed by atoms with Crippen LogP contribution in [0.3, 0.4) is 0 Å². The summed E-state index contributed by atoms with van der Waals surface area (Å²) in [4.78, 5) is 12.0. The molecule has 0 aromatic carbocycles. The van der Waals surface area contributed by atoms with Crippen molar-refractivity contribution in [2.24, 2.45) is 0 Å². The molecule has 0 heterocycles. The molecule has 0 fully saturated rings. The normalized spacial score (nSPS) is 12.4. The van der Waals surface area contributed by atoms with E-state index < -0.39 is 6.10 Å². The molecule has 0 aromatic heterocycles. The first-order valence-corrected chi connectivity index (χ1v) is 17.3. The van der Waals surface area contributed by atoms with Gasteiger partial charge in [0, 0.05) is 13.0 Å². The van der Waals surface area contributed by atoms with Crippen molar-refractivity contribution in [1.29, 1.82) is 0 Å². The van der Waals surface area contributed by atoms with Crippen LogP contribution in [0.15, 0.2) is 12.2 Å². The molecular weight excluding hydrogens is 484 g/mol. The topological polar surface area (TPSA) is 55.8 Å². The molecule has 0 aliphatic rings. The Morgan fingerprint density at radius 3 is 1.46 bits per heavy atom. The van der Waals surface area contributed by atoms with Crippen molar-refractivity contribution in [2.45, 2.75) is 187 Å². The molecule has 232 valence electrons. The number of rotatable bonds is 32. The van der Waals surface area contributed by atoms with Crippen LogP contribution in [0.1, 0.15) is 181 Å². The summed E-state index contributed by atoms with van der Waals surface area (Å²) >= 11 is 0. The van der Waals surface area contributed by atoms with Crippen molar-refractivity contribution in [3.63, 3.8) is 0 Å². The van der Waals surface area contributed by atoms with Gasteiger partial charge in [-0.25, -0.2) is 0 Å². The summed E-state index contributed by atoms with van der Waals surface area (Å²) in [6.07, 6.45) is 36.9. The van der Waals surface area contributed by atoms with Gasteiger partial charge in [0.25, 0.3) is 0 Å². The van der Waals surface area contributed by atoms with Crippen molar-refractivity contribution in [2.75, 3.05) is 19.8 Å².